The normalized spacial score (nSPS) is 14.6. The van der Waals surface area contributed by atoms with Crippen LogP contribution in [0.3, 0.4) is 0 Å². The van der Waals surface area contributed by atoms with Crippen molar-refractivity contribution < 1.29 is 42.4 Å². The summed E-state index contributed by atoms with van der Waals surface area (Å²) in [7, 11) is 1.68. The molecular formula is C44H87NO8P+. The molecule has 0 aromatic heterocycles. The fraction of sp³-hybridized carbons (Fsp3) is 0.886. The van der Waals surface area contributed by atoms with Gasteiger partial charge in [0.15, 0.2) is 0 Å². The van der Waals surface area contributed by atoms with E-state index >= 15 is 0 Å². The number of hydrogen-bond acceptors (Lipinski definition) is 7. The number of phosphoric acid groups is 1. The van der Waals surface area contributed by atoms with Crippen LogP contribution in [-0.4, -0.2) is 86.8 Å². The number of aliphatic hydroxyl groups is 1. The molecule has 0 aromatic rings. The van der Waals surface area contributed by atoms with E-state index in [1.165, 1.54) is 96.3 Å². The molecule has 0 aliphatic rings. The molecule has 0 aliphatic heterocycles. The average molecular weight is 789 g/mol. The van der Waals surface area contributed by atoms with E-state index in [4.69, 9.17) is 18.5 Å². The van der Waals surface area contributed by atoms with E-state index in [0.29, 0.717) is 24.1 Å². The van der Waals surface area contributed by atoms with Crippen LogP contribution in [0.15, 0.2) is 24.3 Å². The minimum Gasteiger partial charge on any atom is -0.463 e. The first-order valence-electron chi connectivity index (χ1n) is 22.2. The van der Waals surface area contributed by atoms with Crippen LogP contribution in [0.2, 0.25) is 0 Å². The Labute approximate surface area is 333 Å². The molecule has 0 aromatic carbocycles. The maximum absolute atomic E-state index is 12.5. The van der Waals surface area contributed by atoms with E-state index in [0.717, 1.165) is 70.6 Å². The van der Waals surface area contributed by atoms with Crippen molar-refractivity contribution in [2.75, 3.05) is 54.1 Å². The number of ether oxygens (including phenoxy) is 2. The Hall–Kier alpha value is -1.06. The summed E-state index contributed by atoms with van der Waals surface area (Å²) in [6, 6.07) is 0. The fourth-order valence-corrected chi connectivity index (χ4v) is 6.82. The van der Waals surface area contributed by atoms with Gasteiger partial charge in [0.1, 0.15) is 25.9 Å². The van der Waals surface area contributed by atoms with Gasteiger partial charge in [-0.15, -0.1) is 0 Å². The quantitative estimate of drug-likeness (QED) is 0.0207. The highest BCUT2D eigenvalue weighted by Gasteiger charge is 2.25. The average Bonchev–Trinajstić information content (AvgIpc) is 3.12. The van der Waals surface area contributed by atoms with Crippen LogP contribution >= 0.6 is 7.82 Å². The van der Waals surface area contributed by atoms with E-state index < -0.39 is 13.9 Å². The number of nitrogens with zero attached hydrogens (tertiary/aromatic N) is 1. The number of quaternary nitrogens is 1. The number of unbranched alkanes of at least 4 members (excludes halogenated alkanes) is 22. The van der Waals surface area contributed by atoms with Gasteiger partial charge >= 0.3 is 13.8 Å². The summed E-state index contributed by atoms with van der Waals surface area (Å²) in [4.78, 5) is 22.7. The number of allylic oxidation sites excluding steroid dienone is 3. The van der Waals surface area contributed by atoms with Gasteiger partial charge in [-0.25, -0.2) is 4.57 Å². The fourth-order valence-electron chi connectivity index (χ4n) is 6.08. The van der Waals surface area contributed by atoms with Crippen molar-refractivity contribution in [3.63, 3.8) is 0 Å². The minimum atomic E-state index is -4.26. The number of carbonyl (C=O) groups excluding carboxylic acids is 1. The molecule has 0 heterocycles. The van der Waals surface area contributed by atoms with Crippen molar-refractivity contribution in [3.8, 4) is 0 Å². The zero-order valence-electron chi connectivity index (χ0n) is 35.8. The van der Waals surface area contributed by atoms with E-state index in [1.54, 1.807) is 0 Å². The van der Waals surface area contributed by atoms with Gasteiger partial charge in [0.25, 0.3) is 0 Å². The molecule has 54 heavy (non-hydrogen) atoms. The maximum Gasteiger partial charge on any atom is 0.472 e. The Morgan fingerprint density at radius 3 is 1.74 bits per heavy atom. The third kappa shape index (κ3) is 40.6. The molecule has 0 spiro atoms. The van der Waals surface area contributed by atoms with Gasteiger partial charge in [-0.05, 0) is 32.1 Å². The second-order valence-electron chi connectivity index (χ2n) is 16.3. The van der Waals surface area contributed by atoms with Crippen LogP contribution in [0.25, 0.3) is 0 Å². The molecule has 2 N–H and O–H groups in total. The van der Waals surface area contributed by atoms with Crippen LogP contribution < -0.4 is 0 Å². The van der Waals surface area contributed by atoms with Crippen molar-refractivity contribution >= 4 is 13.8 Å². The van der Waals surface area contributed by atoms with Gasteiger partial charge in [-0.3, -0.25) is 13.8 Å². The van der Waals surface area contributed by atoms with Crippen LogP contribution in [0, 0.1) is 0 Å². The second-order valence-corrected chi connectivity index (χ2v) is 17.7. The highest BCUT2D eigenvalue weighted by molar-refractivity contribution is 7.47. The number of esters is 1. The van der Waals surface area contributed by atoms with Crippen molar-refractivity contribution in [2.45, 2.75) is 199 Å². The Kier molecular flexibility index (Phi) is 36.8. The third-order valence-electron chi connectivity index (χ3n) is 9.66. The highest BCUT2D eigenvalue weighted by atomic mass is 31.2. The summed E-state index contributed by atoms with van der Waals surface area (Å²) in [6.07, 6.45) is 38.3. The van der Waals surface area contributed by atoms with Gasteiger partial charge in [0.05, 0.1) is 33.9 Å². The Morgan fingerprint density at radius 1 is 0.648 bits per heavy atom. The van der Waals surface area contributed by atoms with Crippen molar-refractivity contribution in [1.82, 2.24) is 0 Å². The lowest BCUT2D eigenvalue weighted by atomic mass is 10.0. The monoisotopic (exact) mass is 789 g/mol. The zero-order chi connectivity index (χ0) is 40.0. The van der Waals surface area contributed by atoms with Gasteiger partial charge in [0.2, 0.25) is 0 Å². The number of aliphatic hydroxyl groups excluding tert-OH is 1. The van der Waals surface area contributed by atoms with Crippen LogP contribution in [0.5, 0.6) is 0 Å². The third-order valence-corrected chi connectivity index (χ3v) is 10.6. The second kappa shape index (κ2) is 37.5. The zero-order valence-corrected chi connectivity index (χ0v) is 36.7. The molecule has 9 nitrogen and oxygen atoms in total. The molecule has 2 unspecified atom stereocenters. The number of hydrogen-bond donors (Lipinski definition) is 2. The molecule has 3 atom stereocenters. The predicted octanol–water partition coefficient (Wildman–Crippen LogP) is 11.8. The lowest BCUT2D eigenvalue weighted by Crippen LogP contribution is -2.37. The highest BCUT2D eigenvalue weighted by Crippen LogP contribution is 2.43. The lowest BCUT2D eigenvalue weighted by molar-refractivity contribution is -0.870. The number of phosphoric ester groups is 1. The van der Waals surface area contributed by atoms with Gasteiger partial charge in [-0.2, -0.15) is 0 Å². The topological polar surface area (TPSA) is 112 Å². The first-order chi connectivity index (χ1) is 26.0. The summed E-state index contributed by atoms with van der Waals surface area (Å²) >= 11 is 0. The summed E-state index contributed by atoms with van der Waals surface area (Å²) in [6.45, 7) is 5.34. The summed E-state index contributed by atoms with van der Waals surface area (Å²) < 4.78 is 35.0. The van der Waals surface area contributed by atoms with Crippen molar-refractivity contribution in [2.24, 2.45) is 0 Å². The van der Waals surface area contributed by atoms with Gasteiger partial charge < -0.3 is 24.0 Å². The molecule has 0 fully saturated rings. The molecule has 0 radical (unpaired) electrons. The minimum absolute atomic E-state index is 0.0169. The van der Waals surface area contributed by atoms with Gasteiger partial charge in [0, 0.05) is 13.0 Å². The van der Waals surface area contributed by atoms with E-state index in [2.05, 4.69) is 19.9 Å². The van der Waals surface area contributed by atoms with E-state index in [9.17, 15) is 19.4 Å². The maximum atomic E-state index is 12.5. The number of carbonyl (C=O) groups is 1. The standard InChI is InChI=1S/C44H86NO8P/c1-6-8-10-11-12-13-14-15-16-17-18-22-25-28-32-36-44(47)51-40-43(41-53-54(48,49)52-39-37-45(3,4)5)50-38-33-29-26-23-20-19-21-24-27-31-35-42(46)34-30-9-7-2/h24,27,31,35,42-43,46H,6-23,25-26,28-30,32-34,36-41H2,1-5H3/p+1/b27-24+,35-31+/t42?,43-/m1/s1. The van der Waals surface area contributed by atoms with Crippen LogP contribution in [0.4, 0.5) is 0 Å². The van der Waals surface area contributed by atoms with Crippen molar-refractivity contribution in [1.29, 1.82) is 0 Å². The first-order valence-corrected chi connectivity index (χ1v) is 23.7. The van der Waals surface area contributed by atoms with Crippen molar-refractivity contribution in [3.05, 3.63) is 24.3 Å². The molecule has 0 saturated heterocycles. The first kappa shape index (κ1) is 52.9. The molecule has 0 aliphatic carbocycles. The lowest BCUT2D eigenvalue weighted by Gasteiger charge is -2.24. The molecule has 0 amide bonds. The Bertz CT molecular complexity index is 938. The van der Waals surface area contributed by atoms with Crippen LogP contribution in [-0.2, 0) is 27.9 Å². The van der Waals surface area contributed by atoms with Crippen LogP contribution in [0.1, 0.15) is 187 Å². The van der Waals surface area contributed by atoms with E-state index in [-0.39, 0.29) is 31.9 Å². The molecular weight excluding hydrogens is 701 g/mol. The summed E-state index contributed by atoms with van der Waals surface area (Å²) in [5.74, 6) is -0.268. The molecule has 320 valence electrons. The Morgan fingerprint density at radius 2 is 1.17 bits per heavy atom. The Balaban J connectivity index is 4.27. The number of rotatable bonds is 41. The SMILES string of the molecule is CCCCCCCCCCCCCCCCCC(=O)OC[C@H](COP(=O)(O)OCC[N+](C)(C)C)OCCCCCCCC/C=C/C=C/C(O)CCCCC. The largest absolute Gasteiger partial charge is 0.472 e. The molecule has 0 rings (SSSR count). The van der Waals surface area contributed by atoms with Gasteiger partial charge in [-0.1, -0.05) is 173 Å². The molecule has 10 heteroatoms. The molecule has 0 saturated carbocycles. The number of likely N-dealkylation sites (N-methyl/N-ethyl adjacent to an activating group) is 1. The predicted molar refractivity (Wildman–Crippen MR) is 226 cm³/mol. The molecule has 0 bridgehead atoms. The summed E-state index contributed by atoms with van der Waals surface area (Å²) in [5, 5.41) is 9.94. The smallest absolute Gasteiger partial charge is 0.463 e. The van der Waals surface area contributed by atoms with E-state index in [1.807, 2.05) is 39.4 Å². The summed E-state index contributed by atoms with van der Waals surface area (Å²) in [5.41, 5.74) is 0.